The molecule has 6 heteroatoms. The summed E-state index contributed by atoms with van der Waals surface area (Å²) in [5, 5.41) is 0. The standard InChI is InChI=1S/C15H25N3O2S/c1-13-4-5-14(2)15(12-13)21(19,20)18-10-8-17(9-11-18)7-3-6-16/h4-5,12H,3,6-11,16H2,1-2H3. The van der Waals surface area contributed by atoms with E-state index in [4.69, 9.17) is 5.73 Å². The Morgan fingerprint density at radius 2 is 1.81 bits per heavy atom. The Kier molecular flexibility index (Phi) is 5.37. The molecule has 0 aliphatic carbocycles. The predicted molar refractivity (Wildman–Crippen MR) is 84.8 cm³/mol. The maximum Gasteiger partial charge on any atom is 0.243 e. The highest BCUT2D eigenvalue weighted by atomic mass is 32.2. The Morgan fingerprint density at radius 1 is 1.14 bits per heavy atom. The third-order valence-corrected chi connectivity index (χ3v) is 6.01. The van der Waals surface area contributed by atoms with Gasteiger partial charge in [-0.3, -0.25) is 0 Å². The highest BCUT2D eigenvalue weighted by Crippen LogP contribution is 2.22. The summed E-state index contributed by atoms with van der Waals surface area (Å²) in [4.78, 5) is 2.72. The monoisotopic (exact) mass is 311 g/mol. The molecule has 1 saturated heterocycles. The van der Waals surface area contributed by atoms with Crippen molar-refractivity contribution in [2.24, 2.45) is 5.73 Å². The van der Waals surface area contributed by atoms with Crippen LogP contribution >= 0.6 is 0 Å². The maximum absolute atomic E-state index is 12.8. The first-order chi connectivity index (χ1) is 9.95. The van der Waals surface area contributed by atoms with Crippen LogP contribution in [0.25, 0.3) is 0 Å². The molecule has 2 rings (SSSR count). The minimum atomic E-state index is -3.38. The first-order valence-electron chi connectivity index (χ1n) is 7.45. The largest absolute Gasteiger partial charge is 0.330 e. The molecular formula is C15H25N3O2S. The number of nitrogens with zero attached hydrogens (tertiary/aromatic N) is 2. The van der Waals surface area contributed by atoms with Crippen LogP contribution in [0.4, 0.5) is 0 Å². The molecule has 1 aromatic carbocycles. The van der Waals surface area contributed by atoms with Crippen molar-refractivity contribution in [3.8, 4) is 0 Å². The van der Waals surface area contributed by atoms with Crippen molar-refractivity contribution < 1.29 is 8.42 Å². The molecule has 0 spiro atoms. The average Bonchev–Trinajstić information content (AvgIpc) is 2.48. The second-order valence-corrected chi connectivity index (χ2v) is 7.56. The molecule has 118 valence electrons. The van der Waals surface area contributed by atoms with Gasteiger partial charge in [-0.2, -0.15) is 4.31 Å². The third-order valence-electron chi connectivity index (χ3n) is 3.97. The van der Waals surface area contributed by atoms with Crippen LogP contribution in [0.15, 0.2) is 23.1 Å². The molecule has 1 fully saturated rings. The van der Waals surface area contributed by atoms with Gasteiger partial charge in [-0.25, -0.2) is 8.42 Å². The van der Waals surface area contributed by atoms with Crippen LogP contribution < -0.4 is 5.73 Å². The lowest BCUT2D eigenvalue weighted by Gasteiger charge is -2.34. The fourth-order valence-electron chi connectivity index (χ4n) is 2.63. The van der Waals surface area contributed by atoms with Crippen LogP contribution in [0.1, 0.15) is 17.5 Å². The van der Waals surface area contributed by atoms with Gasteiger partial charge in [0.15, 0.2) is 0 Å². The maximum atomic E-state index is 12.8. The van der Waals surface area contributed by atoms with Crippen LogP contribution in [0.2, 0.25) is 0 Å². The molecule has 1 aliphatic rings. The van der Waals surface area contributed by atoms with Crippen molar-refractivity contribution in [2.45, 2.75) is 25.2 Å². The minimum absolute atomic E-state index is 0.443. The molecule has 0 radical (unpaired) electrons. The van der Waals surface area contributed by atoms with Gasteiger partial charge >= 0.3 is 0 Å². The second-order valence-electron chi connectivity index (χ2n) is 5.66. The molecule has 0 unspecified atom stereocenters. The summed E-state index contributed by atoms with van der Waals surface area (Å²) in [6.45, 7) is 8.08. The zero-order valence-corrected chi connectivity index (χ0v) is 13.7. The fourth-order valence-corrected chi connectivity index (χ4v) is 4.36. The Hall–Kier alpha value is -0.950. The predicted octanol–water partition coefficient (Wildman–Crippen LogP) is 0.959. The quantitative estimate of drug-likeness (QED) is 0.879. The highest BCUT2D eigenvalue weighted by Gasteiger charge is 2.29. The van der Waals surface area contributed by atoms with E-state index in [1.165, 1.54) is 0 Å². The van der Waals surface area contributed by atoms with Crippen molar-refractivity contribution in [3.05, 3.63) is 29.3 Å². The van der Waals surface area contributed by atoms with Crippen molar-refractivity contribution in [2.75, 3.05) is 39.3 Å². The van der Waals surface area contributed by atoms with Crippen LogP contribution in [0.5, 0.6) is 0 Å². The van der Waals surface area contributed by atoms with Crippen LogP contribution in [0.3, 0.4) is 0 Å². The summed E-state index contributed by atoms with van der Waals surface area (Å²) in [6.07, 6.45) is 0.962. The summed E-state index contributed by atoms with van der Waals surface area (Å²) in [5.41, 5.74) is 7.30. The van der Waals surface area contributed by atoms with Crippen LogP contribution in [0, 0.1) is 13.8 Å². The molecule has 0 aromatic heterocycles. The Balaban J connectivity index is 2.10. The van der Waals surface area contributed by atoms with Gasteiger partial charge in [-0.05, 0) is 50.6 Å². The Labute approximate surface area is 127 Å². The van der Waals surface area contributed by atoms with E-state index in [2.05, 4.69) is 4.90 Å². The zero-order chi connectivity index (χ0) is 15.5. The number of hydrogen-bond donors (Lipinski definition) is 1. The smallest absolute Gasteiger partial charge is 0.243 e. The Morgan fingerprint density at radius 3 is 2.43 bits per heavy atom. The third kappa shape index (κ3) is 3.83. The molecule has 1 heterocycles. The van der Waals surface area contributed by atoms with Gasteiger partial charge in [-0.15, -0.1) is 0 Å². The number of hydrogen-bond acceptors (Lipinski definition) is 4. The molecule has 1 aromatic rings. The second kappa shape index (κ2) is 6.87. The van der Waals surface area contributed by atoms with E-state index >= 15 is 0 Å². The Bertz CT molecular complexity index is 579. The average molecular weight is 311 g/mol. The van der Waals surface area contributed by atoms with Crippen molar-refractivity contribution >= 4 is 10.0 Å². The fraction of sp³-hybridized carbons (Fsp3) is 0.600. The molecule has 21 heavy (non-hydrogen) atoms. The van der Waals surface area contributed by atoms with Crippen LogP contribution in [-0.2, 0) is 10.0 Å². The molecule has 0 amide bonds. The summed E-state index contributed by atoms with van der Waals surface area (Å²) in [7, 11) is -3.38. The molecule has 2 N–H and O–H groups in total. The van der Waals surface area contributed by atoms with Crippen LogP contribution in [-0.4, -0.2) is 56.9 Å². The van der Waals surface area contributed by atoms with Gasteiger partial charge in [0.25, 0.3) is 0 Å². The summed E-state index contributed by atoms with van der Waals surface area (Å²) >= 11 is 0. The number of piperazine rings is 1. The van der Waals surface area contributed by atoms with Gasteiger partial charge < -0.3 is 10.6 Å². The van der Waals surface area contributed by atoms with E-state index in [1.807, 2.05) is 26.0 Å². The zero-order valence-electron chi connectivity index (χ0n) is 12.9. The molecule has 5 nitrogen and oxygen atoms in total. The van der Waals surface area contributed by atoms with Gasteiger partial charge in [0.05, 0.1) is 4.90 Å². The van der Waals surface area contributed by atoms with E-state index in [9.17, 15) is 8.42 Å². The first-order valence-corrected chi connectivity index (χ1v) is 8.89. The lowest BCUT2D eigenvalue weighted by molar-refractivity contribution is 0.187. The molecule has 0 bridgehead atoms. The van der Waals surface area contributed by atoms with Gasteiger partial charge in [0.1, 0.15) is 0 Å². The van der Waals surface area contributed by atoms with E-state index in [-0.39, 0.29) is 0 Å². The lowest BCUT2D eigenvalue weighted by Crippen LogP contribution is -2.49. The summed E-state index contributed by atoms with van der Waals surface area (Å²) in [6, 6.07) is 5.59. The molecule has 1 aliphatic heterocycles. The van der Waals surface area contributed by atoms with Crippen molar-refractivity contribution in [3.63, 3.8) is 0 Å². The normalized spacial score (nSPS) is 18.0. The van der Waals surface area contributed by atoms with Crippen molar-refractivity contribution in [1.29, 1.82) is 0 Å². The summed E-state index contributed by atoms with van der Waals surface area (Å²) in [5.74, 6) is 0. The topological polar surface area (TPSA) is 66.6 Å². The van der Waals surface area contributed by atoms with E-state index < -0.39 is 10.0 Å². The molecule has 0 saturated carbocycles. The van der Waals surface area contributed by atoms with E-state index in [1.54, 1.807) is 10.4 Å². The van der Waals surface area contributed by atoms with E-state index in [0.717, 1.165) is 37.2 Å². The van der Waals surface area contributed by atoms with E-state index in [0.29, 0.717) is 24.5 Å². The first kappa shape index (κ1) is 16.4. The van der Waals surface area contributed by atoms with Gasteiger partial charge in [0.2, 0.25) is 10.0 Å². The highest BCUT2D eigenvalue weighted by molar-refractivity contribution is 7.89. The molecule has 0 atom stereocenters. The number of aryl methyl sites for hydroxylation is 2. The number of rotatable bonds is 5. The van der Waals surface area contributed by atoms with Gasteiger partial charge in [-0.1, -0.05) is 12.1 Å². The summed E-state index contributed by atoms with van der Waals surface area (Å²) < 4.78 is 27.1. The lowest BCUT2D eigenvalue weighted by atomic mass is 10.2. The SMILES string of the molecule is Cc1ccc(C)c(S(=O)(=O)N2CCN(CCCN)CC2)c1. The number of benzene rings is 1. The molecular weight excluding hydrogens is 286 g/mol. The number of sulfonamides is 1. The van der Waals surface area contributed by atoms with Crippen molar-refractivity contribution in [1.82, 2.24) is 9.21 Å². The van der Waals surface area contributed by atoms with Gasteiger partial charge in [0, 0.05) is 26.2 Å². The minimum Gasteiger partial charge on any atom is -0.330 e. The number of nitrogens with two attached hydrogens (primary N) is 1.